The van der Waals surface area contributed by atoms with Gasteiger partial charge < -0.3 is 73.9 Å². The van der Waals surface area contributed by atoms with Crippen LogP contribution < -0.4 is 31.8 Å². The summed E-state index contributed by atoms with van der Waals surface area (Å²) >= 11 is 34.9. The van der Waals surface area contributed by atoms with Crippen LogP contribution in [-0.2, 0) is 63.8 Å². The molecule has 0 saturated carbocycles. The molecule has 0 aliphatic rings. The summed E-state index contributed by atoms with van der Waals surface area (Å²) in [6.45, 7) is 4.91. The highest BCUT2D eigenvalue weighted by Gasteiger charge is 2.27. The van der Waals surface area contributed by atoms with Crippen molar-refractivity contribution < 1.29 is 65.0 Å². The number of ether oxygens (including phenoxy) is 2. The number of halogens is 12. The lowest BCUT2D eigenvalue weighted by Crippen LogP contribution is -2.36. The van der Waals surface area contributed by atoms with Gasteiger partial charge in [-0.1, -0.05) is 153 Å². The molecule has 9 N–H and O–H groups in total. The molecule has 0 radical (unpaired) electrons. The molecule has 8 heterocycles. The number of aryl methyl sites for hydroxylation is 3. The number of aromatic amines is 3. The highest BCUT2D eigenvalue weighted by Crippen LogP contribution is 2.38. The van der Waals surface area contributed by atoms with Gasteiger partial charge in [-0.25, -0.2) is 45.9 Å². The number of fused-ring (bicyclic) bond motifs is 2. The van der Waals surface area contributed by atoms with Gasteiger partial charge in [0.25, 0.3) is 5.24 Å². The maximum atomic E-state index is 15.6. The number of thiocarbonyl (C=S) groups is 2. The summed E-state index contributed by atoms with van der Waals surface area (Å²) in [6.07, 6.45) is 8.65. The fourth-order valence-electron chi connectivity index (χ4n) is 14.0. The molecule has 0 aliphatic heterocycles. The number of aromatic nitrogens is 16. The molecule has 0 saturated heterocycles. The molecule has 148 heavy (non-hydrogen) atoms. The molecule has 18 rings (SSSR count). The molecular formula is C103H92BBr5ClF6N21O8S3. The van der Waals surface area contributed by atoms with Gasteiger partial charge in [0, 0.05) is 146 Å². The number of pyridine rings is 2. The smallest absolute Gasteiger partial charge is 0.465 e. The van der Waals surface area contributed by atoms with E-state index in [0.29, 0.717) is 166 Å². The summed E-state index contributed by atoms with van der Waals surface area (Å²) in [6, 6.07) is 71.2. The van der Waals surface area contributed by atoms with Crippen LogP contribution in [0.5, 0.6) is 0 Å². The van der Waals surface area contributed by atoms with E-state index in [1.807, 2.05) is 118 Å². The van der Waals surface area contributed by atoms with Crippen LogP contribution in [0.15, 0.2) is 296 Å². The van der Waals surface area contributed by atoms with Crippen molar-refractivity contribution in [3.05, 3.63) is 381 Å². The predicted octanol–water partition coefficient (Wildman–Crippen LogP) is 21.8. The Hall–Kier alpha value is -13.8. The number of hydrogen-bond acceptors (Lipinski definition) is 23. The molecule has 0 fully saturated rings. The van der Waals surface area contributed by atoms with Crippen molar-refractivity contribution >= 4 is 207 Å². The number of H-pyrrole nitrogens is 3. The average molecular weight is 2410 g/mol. The third kappa shape index (κ3) is 31.7. The number of nitrogens with one attached hydrogen (secondary N) is 5. The van der Waals surface area contributed by atoms with Crippen molar-refractivity contribution in [2.24, 2.45) is 33.9 Å². The zero-order valence-corrected chi connectivity index (χ0v) is 91.0. The maximum Gasteiger partial charge on any atom is 0.505 e. The largest absolute Gasteiger partial charge is 0.505 e. The molecule has 18 aromatic rings. The van der Waals surface area contributed by atoms with E-state index in [9.17, 15) is 51.2 Å². The van der Waals surface area contributed by atoms with Gasteiger partial charge >= 0.3 is 19.1 Å². The number of Topliss-reactive ketones (excluding diaryl/α,β-unsaturated/α-hetero) is 1. The van der Waals surface area contributed by atoms with Gasteiger partial charge in [0.05, 0.1) is 65.3 Å². The summed E-state index contributed by atoms with van der Waals surface area (Å²) in [7, 11) is 9.79. The van der Waals surface area contributed by atoms with Gasteiger partial charge in [-0.3, -0.25) is 14.7 Å². The minimum Gasteiger partial charge on any atom is -0.465 e. The normalized spacial score (nSPS) is 10.5. The quantitative estimate of drug-likeness (QED) is 0.00695. The fourth-order valence-corrected chi connectivity index (χ4v) is 15.5. The predicted molar refractivity (Wildman–Crippen MR) is 590 cm³/mol. The highest BCUT2D eigenvalue weighted by molar-refractivity contribution is 9.11. The Kier molecular flexibility index (Phi) is 43.2. The Morgan fingerprint density at radius 3 is 1.17 bits per heavy atom. The third-order valence-corrected chi connectivity index (χ3v) is 26.2. The zero-order chi connectivity index (χ0) is 107. The topological polar surface area (TPSA) is 367 Å². The van der Waals surface area contributed by atoms with Crippen molar-refractivity contribution in [2.75, 3.05) is 44.2 Å². The molecule has 0 spiro atoms. The molecule has 0 amide bonds. The van der Waals surface area contributed by atoms with Gasteiger partial charge in [-0.15, -0.1) is 30.6 Å². The lowest BCUT2D eigenvalue weighted by molar-refractivity contribution is 0.0593. The Morgan fingerprint density at radius 2 is 0.845 bits per heavy atom. The van der Waals surface area contributed by atoms with E-state index in [0.717, 1.165) is 39.6 Å². The SMILES string of the molecule is CCC(=S)CN.CNC(=S)NCC(=O)c1ccc(Br)c(F)c1.COC(=O)c1cnc(N(Cc2ccccc2)Cc2ccccc2)c2[nH]c(-c3ccc(-c4nncn4C)cc3F)cc12.COC(=O)c1cnc(N(Cc2ccccc2)Cc2ccccc2)c2[nH]c(B(O)O)cc12.Cn1c(-c2ccc(Br)c(F)c2)n[nH]c1=S.Cn1cnnc1-c1ccc(Br)c(F)c1.Cn1cnnc1-c1ccc(Br)c(F)c1.O=C(Cl)c1ccc(Br)c(F)c1. The van der Waals surface area contributed by atoms with Crippen LogP contribution in [0, 0.1) is 39.7 Å². The number of hydrogen-bond donors (Lipinski definition) is 8. The first-order valence-electron chi connectivity index (χ1n) is 44.3. The zero-order valence-electron chi connectivity index (χ0n) is 79.9. The van der Waals surface area contributed by atoms with Crippen LogP contribution >= 0.6 is 128 Å². The highest BCUT2D eigenvalue weighted by atomic mass is 79.9. The lowest BCUT2D eigenvalue weighted by Gasteiger charge is -2.25. The van der Waals surface area contributed by atoms with E-state index in [2.05, 4.69) is 180 Å². The van der Waals surface area contributed by atoms with E-state index in [-0.39, 0.29) is 46.5 Å². The van der Waals surface area contributed by atoms with E-state index < -0.39 is 41.8 Å². The van der Waals surface area contributed by atoms with Gasteiger partial charge in [0.2, 0.25) is 0 Å². The summed E-state index contributed by atoms with van der Waals surface area (Å²) in [5.74, 6) is 0.139. The van der Waals surface area contributed by atoms with Crippen molar-refractivity contribution in [2.45, 2.75) is 39.5 Å². The number of anilines is 2. The minimum atomic E-state index is -1.71. The Bertz CT molecular complexity index is 7540. The van der Waals surface area contributed by atoms with Crippen molar-refractivity contribution in [3.8, 4) is 56.8 Å². The first-order chi connectivity index (χ1) is 71.0. The maximum absolute atomic E-state index is 15.6. The molecule has 8 aromatic heterocycles. The van der Waals surface area contributed by atoms with Crippen LogP contribution in [0.2, 0.25) is 0 Å². The van der Waals surface area contributed by atoms with E-state index in [4.69, 9.17) is 68.4 Å². The van der Waals surface area contributed by atoms with Crippen LogP contribution in [0.3, 0.4) is 0 Å². The molecule has 0 atom stereocenters. The van der Waals surface area contributed by atoms with E-state index in [1.54, 1.807) is 125 Å². The average Bonchev–Trinajstić information content (AvgIpc) is 1.46. The van der Waals surface area contributed by atoms with Crippen LogP contribution in [0.1, 0.15) is 77.0 Å². The lowest BCUT2D eigenvalue weighted by atomic mass is 9.86. The number of nitrogens with zero attached hydrogens (tertiary/aromatic N) is 15. The number of carbonyl (C=O) groups is 4. The van der Waals surface area contributed by atoms with Gasteiger partial charge in [-0.2, -0.15) is 5.10 Å². The first kappa shape index (κ1) is 115. The monoisotopic (exact) mass is 2400 g/mol. The molecule has 29 nitrogen and oxygen atoms in total. The second-order valence-electron chi connectivity index (χ2n) is 31.8. The van der Waals surface area contributed by atoms with Crippen LogP contribution in [0.4, 0.5) is 38.0 Å². The number of methoxy groups -OCH3 is 2. The number of nitrogens with two attached hydrogens (primary N) is 1. The summed E-state index contributed by atoms with van der Waals surface area (Å²) in [4.78, 5) is 68.0. The molecule has 762 valence electrons. The van der Waals surface area contributed by atoms with Crippen molar-refractivity contribution in [1.82, 2.24) is 89.6 Å². The standard InChI is InChI=1S/C32H27FN6O2.C23H22BN3O4.C10H10BrFN2OS.C9H7BrFN3S.2C9H7BrFN3.C7H3BrClFO.C4H9NS/c1-38-20-35-37-30(38)23-13-14-24(27(33)15-23)28-16-25-26(32(40)41-2)17-34-31(29(25)36-28)39(18-21-9-5-3-6-10-21)19-22-11-7-4-8-12-22;1-31-23(28)19-13-25-22(21-18(19)12-20(26-21)24(29)30)27(14-16-8-4-2-5-9-16)15-17-10-6-3-7-11-17;1-13-10(16)14-5-9(15)6-2-3-7(11)8(12)4-6;1-14-8(12-13-9(14)15)5-2-3-6(10)7(11)4-5;2*1-14-5-12-13-9(14)6-2-3-7(10)8(11)4-6;8-5-2-1-4(7(9)11)3-6(5)10;1-2-4(6)3-5/h3-17,20,36H,18-19H2,1-2H3;2-13,26,29-30H,14-15H2,1H3;2-4H,5H2,1H3,(H2,13,14,16);2-4H,1H3,(H,13,15);2*2-5H,1H3;1-3H;2-3,5H2,1H3. The Labute approximate surface area is 909 Å². The van der Waals surface area contributed by atoms with E-state index >= 15 is 4.39 Å². The summed E-state index contributed by atoms with van der Waals surface area (Å²) < 4.78 is 100. The third-order valence-electron chi connectivity index (χ3n) is 21.6. The number of carbonyl (C=O) groups excluding carboxylic acids is 4. The molecule has 45 heteroatoms. The van der Waals surface area contributed by atoms with Crippen LogP contribution in [-0.4, -0.2) is 163 Å². The molecular weight excluding hydrogens is 2320 g/mol. The van der Waals surface area contributed by atoms with E-state index in [1.165, 1.54) is 75.1 Å². The fraction of sp³-hybridized carbons (Fsp3) is 0.146. The molecule has 10 aromatic carbocycles. The molecule has 0 unspecified atom stereocenters. The Morgan fingerprint density at radius 1 is 0.486 bits per heavy atom. The summed E-state index contributed by atoms with van der Waals surface area (Å²) in [5.41, 5.74) is 15.5. The number of rotatable bonds is 24. The number of benzene rings is 10. The second kappa shape index (κ2) is 55.9. The Balaban J connectivity index is 0.000000171. The first-order valence-corrected chi connectivity index (χ1v) is 49.9. The van der Waals surface area contributed by atoms with Crippen molar-refractivity contribution in [3.63, 3.8) is 0 Å². The van der Waals surface area contributed by atoms with Gasteiger partial charge in [0.1, 0.15) is 53.9 Å². The van der Waals surface area contributed by atoms with Crippen LogP contribution in [0.25, 0.3) is 78.6 Å². The second-order valence-corrected chi connectivity index (χ2v) is 37.7. The number of ketones is 1. The number of esters is 2. The van der Waals surface area contributed by atoms with Gasteiger partial charge in [0.15, 0.2) is 50.6 Å². The van der Waals surface area contributed by atoms with Crippen molar-refractivity contribution in [1.29, 1.82) is 0 Å². The molecule has 0 bridgehead atoms. The van der Waals surface area contributed by atoms with Gasteiger partial charge in [-0.05, 0) is 254 Å². The minimum absolute atomic E-state index is 0.0424. The summed E-state index contributed by atoms with van der Waals surface area (Å²) in [5, 5.41) is 55.5. The molecule has 0 aliphatic carbocycles.